The molecule has 1 atom stereocenters. The van der Waals surface area contributed by atoms with Crippen LogP contribution in [0.5, 0.6) is 0 Å². The maximum Gasteiger partial charge on any atom is 0.338 e. The van der Waals surface area contributed by atoms with Gasteiger partial charge in [-0.1, -0.05) is 35.1 Å². The number of fused-ring (bicyclic) bond motifs is 1. The zero-order valence-electron chi connectivity index (χ0n) is 23.4. The zero-order valence-corrected chi connectivity index (χ0v) is 24.9. The van der Waals surface area contributed by atoms with Crippen LogP contribution in [-0.4, -0.2) is 35.8 Å². The fourth-order valence-electron chi connectivity index (χ4n) is 5.12. The molecule has 4 aromatic rings. The normalized spacial score (nSPS) is 15.2. The minimum absolute atomic E-state index is 0.198. The van der Waals surface area contributed by atoms with E-state index < -0.39 is 12.0 Å². The van der Waals surface area contributed by atoms with Crippen molar-refractivity contribution >= 4 is 40.7 Å². The van der Waals surface area contributed by atoms with Gasteiger partial charge in [0.1, 0.15) is 0 Å². The van der Waals surface area contributed by atoms with Crippen molar-refractivity contribution in [2.45, 2.75) is 33.7 Å². The Kier molecular flexibility index (Phi) is 7.57. The van der Waals surface area contributed by atoms with Gasteiger partial charge in [-0.05, 0) is 87.4 Å². The quantitative estimate of drug-likeness (QED) is 0.306. The summed E-state index contributed by atoms with van der Waals surface area (Å²) in [5.41, 5.74) is 6.54. The van der Waals surface area contributed by atoms with Gasteiger partial charge in [-0.25, -0.2) is 9.79 Å². The number of carbonyl (C=O) groups is 1. The standard InChI is InChI=1S/C31H31ClN4O3S/c1-7-39-30(38)27-19(3)33-31-36(28(27)21-8-12-24(13-9-21)34(5)6)29(37)26(40-31)17-22-16-18(2)35(20(22)4)25-14-10-23(32)11-15-25/h8-17,28H,7H2,1-6H3/b26-17+. The minimum Gasteiger partial charge on any atom is -0.463 e. The van der Waals surface area contributed by atoms with E-state index in [2.05, 4.69) is 10.6 Å². The highest BCUT2D eigenvalue weighted by atomic mass is 35.5. The number of thiazole rings is 1. The number of esters is 1. The summed E-state index contributed by atoms with van der Waals surface area (Å²) in [6, 6.07) is 17.0. The molecule has 2 aromatic heterocycles. The predicted molar refractivity (Wildman–Crippen MR) is 161 cm³/mol. The summed E-state index contributed by atoms with van der Waals surface area (Å²) in [6.45, 7) is 7.86. The van der Waals surface area contributed by atoms with Crippen molar-refractivity contribution in [3.8, 4) is 5.69 Å². The van der Waals surface area contributed by atoms with Crippen molar-refractivity contribution < 1.29 is 9.53 Å². The van der Waals surface area contributed by atoms with Crippen LogP contribution in [0.4, 0.5) is 5.69 Å². The molecular weight excluding hydrogens is 544 g/mol. The molecule has 0 spiro atoms. The number of nitrogens with zero attached hydrogens (tertiary/aromatic N) is 4. The van der Waals surface area contributed by atoms with Gasteiger partial charge in [0.15, 0.2) is 4.80 Å². The van der Waals surface area contributed by atoms with Crippen LogP contribution in [0, 0.1) is 13.8 Å². The molecule has 0 fully saturated rings. The highest BCUT2D eigenvalue weighted by molar-refractivity contribution is 7.07. The monoisotopic (exact) mass is 574 g/mol. The Labute approximate surface area is 241 Å². The number of halogens is 1. The highest BCUT2D eigenvalue weighted by Gasteiger charge is 2.33. The highest BCUT2D eigenvalue weighted by Crippen LogP contribution is 2.31. The first-order valence-corrected chi connectivity index (χ1v) is 14.2. The summed E-state index contributed by atoms with van der Waals surface area (Å²) < 4.78 is 9.71. The fourth-order valence-corrected chi connectivity index (χ4v) is 6.29. The van der Waals surface area contributed by atoms with Crippen LogP contribution in [0.2, 0.25) is 5.02 Å². The summed E-state index contributed by atoms with van der Waals surface area (Å²) in [7, 11) is 3.94. The van der Waals surface area contributed by atoms with Crippen molar-refractivity contribution in [2.75, 3.05) is 25.6 Å². The Morgan fingerprint density at radius 3 is 2.40 bits per heavy atom. The fraction of sp³-hybridized carbons (Fsp3) is 0.258. The topological polar surface area (TPSA) is 68.8 Å². The van der Waals surface area contributed by atoms with Crippen LogP contribution in [0.3, 0.4) is 0 Å². The minimum atomic E-state index is -0.643. The predicted octanol–water partition coefficient (Wildman–Crippen LogP) is 4.93. The number of hydrogen-bond donors (Lipinski definition) is 0. The van der Waals surface area contributed by atoms with E-state index in [9.17, 15) is 9.59 Å². The van der Waals surface area contributed by atoms with Gasteiger partial charge >= 0.3 is 5.97 Å². The van der Waals surface area contributed by atoms with E-state index in [0.29, 0.717) is 25.6 Å². The lowest BCUT2D eigenvalue weighted by atomic mass is 9.95. The van der Waals surface area contributed by atoms with Gasteiger partial charge in [0.25, 0.3) is 5.56 Å². The lowest BCUT2D eigenvalue weighted by Gasteiger charge is -2.25. The maximum absolute atomic E-state index is 14.0. The van der Waals surface area contributed by atoms with Crippen LogP contribution in [0.25, 0.3) is 11.8 Å². The molecular formula is C31H31ClN4O3S. The molecule has 0 saturated heterocycles. The largest absolute Gasteiger partial charge is 0.463 e. The second-order valence-electron chi connectivity index (χ2n) is 9.93. The summed E-state index contributed by atoms with van der Waals surface area (Å²) in [6.07, 6.45) is 1.91. The number of rotatable bonds is 6. The van der Waals surface area contributed by atoms with E-state index in [1.54, 1.807) is 18.4 Å². The molecule has 9 heteroatoms. The number of aromatic nitrogens is 2. The number of hydrogen-bond acceptors (Lipinski definition) is 6. The molecule has 1 aliphatic heterocycles. The molecule has 2 aromatic carbocycles. The lowest BCUT2D eigenvalue weighted by Crippen LogP contribution is -2.40. The van der Waals surface area contributed by atoms with E-state index in [-0.39, 0.29) is 12.2 Å². The van der Waals surface area contributed by atoms with Crippen LogP contribution >= 0.6 is 22.9 Å². The van der Waals surface area contributed by atoms with Gasteiger partial charge in [-0.15, -0.1) is 0 Å². The van der Waals surface area contributed by atoms with Gasteiger partial charge in [0.05, 0.1) is 28.5 Å². The molecule has 40 heavy (non-hydrogen) atoms. The summed E-state index contributed by atoms with van der Waals surface area (Å²) in [5, 5.41) is 0.677. The summed E-state index contributed by atoms with van der Waals surface area (Å²) in [5.74, 6) is -0.466. The molecule has 1 aliphatic rings. The van der Waals surface area contributed by atoms with E-state index in [0.717, 1.165) is 33.9 Å². The maximum atomic E-state index is 14.0. The lowest BCUT2D eigenvalue weighted by molar-refractivity contribution is -0.139. The van der Waals surface area contributed by atoms with Gasteiger partial charge in [0, 0.05) is 41.9 Å². The molecule has 1 unspecified atom stereocenters. The molecule has 0 aliphatic carbocycles. The smallest absolute Gasteiger partial charge is 0.338 e. The van der Waals surface area contributed by atoms with E-state index in [1.807, 2.05) is 87.4 Å². The SMILES string of the molecule is CCOC(=O)C1=C(C)N=c2s/c(=C/c3cc(C)n(-c4ccc(Cl)cc4)c3C)c(=O)n2C1c1ccc(N(C)C)cc1. The summed E-state index contributed by atoms with van der Waals surface area (Å²) >= 11 is 7.42. The van der Waals surface area contributed by atoms with E-state index in [1.165, 1.54) is 11.3 Å². The number of ether oxygens (including phenoxy) is 1. The second kappa shape index (κ2) is 10.9. The Balaban J connectivity index is 1.67. The van der Waals surface area contributed by atoms with Crippen molar-refractivity contribution in [3.63, 3.8) is 0 Å². The van der Waals surface area contributed by atoms with Crippen molar-refractivity contribution in [3.05, 3.63) is 113 Å². The van der Waals surface area contributed by atoms with Gasteiger partial charge in [-0.2, -0.15) is 0 Å². The van der Waals surface area contributed by atoms with Crippen molar-refractivity contribution in [1.82, 2.24) is 9.13 Å². The third-order valence-corrected chi connectivity index (χ3v) is 8.32. The molecule has 0 N–H and O–H groups in total. The average Bonchev–Trinajstić information content (AvgIpc) is 3.38. The second-order valence-corrected chi connectivity index (χ2v) is 11.4. The number of anilines is 1. The molecule has 0 radical (unpaired) electrons. The van der Waals surface area contributed by atoms with Crippen LogP contribution in [0.15, 0.2) is 75.7 Å². The van der Waals surface area contributed by atoms with Gasteiger partial charge < -0.3 is 14.2 Å². The Morgan fingerprint density at radius 2 is 1.77 bits per heavy atom. The van der Waals surface area contributed by atoms with E-state index >= 15 is 0 Å². The molecule has 0 bridgehead atoms. The van der Waals surface area contributed by atoms with Crippen molar-refractivity contribution in [2.24, 2.45) is 4.99 Å². The molecule has 0 amide bonds. The summed E-state index contributed by atoms with van der Waals surface area (Å²) in [4.78, 5) is 34.4. The molecule has 206 valence electrons. The average molecular weight is 575 g/mol. The zero-order chi connectivity index (χ0) is 28.7. The first kappa shape index (κ1) is 27.7. The van der Waals surface area contributed by atoms with Crippen molar-refractivity contribution in [1.29, 1.82) is 0 Å². The Hall–Kier alpha value is -3.88. The van der Waals surface area contributed by atoms with Gasteiger partial charge in [0.2, 0.25) is 0 Å². The van der Waals surface area contributed by atoms with Crippen LogP contribution < -0.4 is 19.8 Å². The first-order valence-electron chi connectivity index (χ1n) is 13.0. The molecule has 3 heterocycles. The Bertz CT molecular complexity index is 1810. The number of aryl methyl sites for hydroxylation is 1. The Morgan fingerprint density at radius 1 is 1.10 bits per heavy atom. The third kappa shape index (κ3) is 4.93. The molecule has 5 rings (SSSR count). The third-order valence-electron chi connectivity index (χ3n) is 7.08. The molecule has 0 saturated carbocycles. The van der Waals surface area contributed by atoms with Crippen LogP contribution in [-0.2, 0) is 9.53 Å². The van der Waals surface area contributed by atoms with Crippen LogP contribution in [0.1, 0.15) is 42.4 Å². The number of benzene rings is 2. The van der Waals surface area contributed by atoms with Gasteiger partial charge in [-0.3, -0.25) is 9.36 Å². The first-order chi connectivity index (χ1) is 19.1. The number of carbonyl (C=O) groups excluding carboxylic acids is 1. The number of allylic oxidation sites excluding steroid dienone is 1. The molecule has 7 nitrogen and oxygen atoms in total. The van der Waals surface area contributed by atoms with E-state index in [4.69, 9.17) is 21.3 Å².